The molecule has 0 saturated heterocycles. The molecule has 0 aliphatic heterocycles. The molecule has 0 radical (unpaired) electrons. The van der Waals surface area contributed by atoms with Crippen LogP contribution in [-0.2, 0) is 5.92 Å². The number of thioether (sulfide) groups is 1. The highest BCUT2D eigenvalue weighted by Gasteiger charge is 2.27. The van der Waals surface area contributed by atoms with Gasteiger partial charge in [0.2, 0.25) is 0 Å². The first-order chi connectivity index (χ1) is 5.95. The van der Waals surface area contributed by atoms with Crippen molar-refractivity contribution < 1.29 is 8.78 Å². The van der Waals surface area contributed by atoms with E-state index in [0.717, 1.165) is 12.2 Å². The van der Waals surface area contributed by atoms with Crippen LogP contribution in [0.4, 0.5) is 8.78 Å². The Balaban J connectivity index is 3.24. The Morgan fingerprint density at radius 1 is 1.38 bits per heavy atom. The highest BCUT2D eigenvalue weighted by molar-refractivity contribution is 7.98. The average Bonchev–Trinajstić information content (AvgIpc) is 2.03. The van der Waals surface area contributed by atoms with Crippen LogP contribution in [0.3, 0.4) is 0 Å². The second-order valence-electron chi connectivity index (χ2n) is 2.85. The van der Waals surface area contributed by atoms with E-state index in [2.05, 4.69) is 9.24 Å². The van der Waals surface area contributed by atoms with Crippen LogP contribution in [-0.4, -0.2) is 6.26 Å². The van der Waals surface area contributed by atoms with Crippen molar-refractivity contribution in [2.75, 3.05) is 6.26 Å². The van der Waals surface area contributed by atoms with Crippen LogP contribution in [0.25, 0.3) is 0 Å². The smallest absolute Gasteiger partial charge is 0.202 e. The molecule has 72 valence electrons. The van der Waals surface area contributed by atoms with Crippen LogP contribution in [0.5, 0.6) is 0 Å². The molecule has 0 aliphatic carbocycles. The summed E-state index contributed by atoms with van der Waals surface area (Å²) in [5, 5.41) is 0.786. The van der Waals surface area contributed by atoms with Gasteiger partial charge in [-0.15, -0.1) is 21.0 Å². The van der Waals surface area contributed by atoms with Crippen molar-refractivity contribution in [3.63, 3.8) is 0 Å². The van der Waals surface area contributed by atoms with Crippen LogP contribution in [0.2, 0.25) is 0 Å². The Labute approximate surface area is 83.3 Å². The molecule has 1 atom stereocenters. The standard InChI is InChI=1S/C9H11F2PS/c1-9(10,11)7-5-6(12)3-4-8(7)13-2/h3-5H,12H2,1-2H3. The van der Waals surface area contributed by atoms with E-state index in [1.165, 1.54) is 17.8 Å². The fraction of sp³-hybridized carbons (Fsp3) is 0.333. The van der Waals surface area contributed by atoms with Gasteiger partial charge >= 0.3 is 0 Å². The summed E-state index contributed by atoms with van der Waals surface area (Å²) in [6.45, 7) is 0.923. The molecule has 1 rings (SSSR count). The number of benzene rings is 1. The fourth-order valence-corrected chi connectivity index (χ4v) is 1.99. The lowest BCUT2D eigenvalue weighted by Gasteiger charge is -2.14. The van der Waals surface area contributed by atoms with E-state index in [1.54, 1.807) is 12.3 Å². The summed E-state index contributed by atoms with van der Waals surface area (Å²) in [6.07, 6.45) is 1.80. The van der Waals surface area contributed by atoms with Crippen LogP contribution >= 0.6 is 21.0 Å². The van der Waals surface area contributed by atoms with Crippen LogP contribution in [0, 0.1) is 0 Å². The van der Waals surface area contributed by atoms with Crippen molar-refractivity contribution in [3.05, 3.63) is 23.8 Å². The largest absolute Gasteiger partial charge is 0.271 e. The van der Waals surface area contributed by atoms with Gasteiger partial charge in [0.25, 0.3) is 5.92 Å². The summed E-state index contributed by atoms with van der Waals surface area (Å²) >= 11 is 1.34. The summed E-state index contributed by atoms with van der Waals surface area (Å²) in [6, 6.07) is 5.04. The van der Waals surface area contributed by atoms with E-state index in [0.29, 0.717) is 4.90 Å². The van der Waals surface area contributed by atoms with Gasteiger partial charge in [0, 0.05) is 17.4 Å². The molecule has 0 heterocycles. The zero-order valence-corrected chi connectivity index (χ0v) is 9.44. The molecule has 0 aromatic heterocycles. The summed E-state index contributed by atoms with van der Waals surface area (Å²) in [5.74, 6) is -2.76. The molecule has 4 heteroatoms. The number of hydrogen-bond donors (Lipinski definition) is 0. The quantitative estimate of drug-likeness (QED) is 0.545. The third-order valence-electron chi connectivity index (χ3n) is 1.70. The Hall–Kier alpha value is -0.140. The van der Waals surface area contributed by atoms with E-state index in [9.17, 15) is 8.78 Å². The second kappa shape index (κ2) is 3.93. The van der Waals surface area contributed by atoms with Gasteiger partial charge in [-0.1, -0.05) is 6.07 Å². The van der Waals surface area contributed by atoms with Gasteiger partial charge < -0.3 is 0 Å². The van der Waals surface area contributed by atoms with Gasteiger partial charge in [-0.3, -0.25) is 0 Å². The third-order valence-corrected chi connectivity index (χ3v) is 2.85. The highest BCUT2D eigenvalue weighted by Crippen LogP contribution is 2.33. The molecule has 0 bridgehead atoms. The van der Waals surface area contributed by atoms with Gasteiger partial charge in [-0.2, -0.15) is 0 Å². The fourth-order valence-electron chi connectivity index (χ4n) is 1.07. The minimum atomic E-state index is -2.76. The molecule has 0 N–H and O–H groups in total. The van der Waals surface area contributed by atoms with Crippen LogP contribution < -0.4 is 5.30 Å². The SMILES string of the molecule is CSc1ccc(P)cc1C(C)(F)F. The number of halogens is 2. The van der Waals surface area contributed by atoms with Crippen LogP contribution in [0.15, 0.2) is 23.1 Å². The Kier molecular flexibility index (Phi) is 3.31. The first kappa shape index (κ1) is 10.9. The highest BCUT2D eigenvalue weighted by atomic mass is 32.2. The second-order valence-corrected chi connectivity index (χ2v) is 4.36. The molecule has 1 aromatic carbocycles. The maximum absolute atomic E-state index is 13.1. The predicted octanol–water partition coefficient (Wildman–Crippen LogP) is 3.02. The van der Waals surface area contributed by atoms with Crippen LogP contribution in [0.1, 0.15) is 12.5 Å². The molecular weight excluding hydrogens is 209 g/mol. The predicted molar refractivity (Wildman–Crippen MR) is 57.1 cm³/mol. The van der Waals surface area contributed by atoms with Crippen molar-refractivity contribution >= 4 is 26.3 Å². The molecule has 0 amide bonds. The Morgan fingerprint density at radius 3 is 2.46 bits per heavy atom. The van der Waals surface area contributed by atoms with Crippen molar-refractivity contribution in [3.8, 4) is 0 Å². The summed E-state index contributed by atoms with van der Waals surface area (Å²) in [7, 11) is 2.42. The van der Waals surface area contributed by atoms with Gasteiger partial charge in [-0.25, -0.2) is 8.78 Å². The molecule has 0 fully saturated rings. The molecule has 0 nitrogen and oxygen atoms in total. The van der Waals surface area contributed by atoms with E-state index in [1.807, 2.05) is 6.07 Å². The molecule has 0 spiro atoms. The maximum Gasteiger partial charge on any atom is 0.271 e. The summed E-state index contributed by atoms with van der Waals surface area (Å²) in [4.78, 5) is 0.638. The van der Waals surface area contributed by atoms with E-state index < -0.39 is 5.92 Å². The first-order valence-electron chi connectivity index (χ1n) is 3.77. The van der Waals surface area contributed by atoms with Crippen molar-refractivity contribution in [1.29, 1.82) is 0 Å². The third kappa shape index (κ3) is 2.65. The number of rotatable bonds is 2. The van der Waals surface area contributed by atoms with Crippen molar-refractivity contribution in [1.82, 2.24) is 0 Å². The molecule has 0 saturated carbocycles. The van der Waals surface area contributed by atoms with E-state index in [-0.39, 0.29) is 5.56 Å². The summed E-state index contributed by atoms with van der Waals surface area (Å²) < 4.78 is 26.1. The van der Waals surface area contributed by atoms with Gasteiger partial charge in [0.15, 0.2) is 0 Å². The molecule has 1 unspecified atom stereocenters. The van der Waals surface area contributed by atoms with Gasteiger partial charge in [0.1, 0.15) is 0 Å². The minimum absolute atomic E-state index is 0.104. The lowest BCUT2D eigenvalue weighted by atomic mass is 10.1. The number of hydrogen-bond acceptors (Lipinski definition) is 1. The van der Waals surface area contributed by atoms with E-state index >= 15 is 0 Å². The Morgan fingerprint density at radius 2 is 2.00 bits per heavy atom. The lowest BCUT2D eigenvalue weighted by Crippen LogP contribution is -2.11. The Bertz CT molecular complexity index is 307. The zero-order chi connectivity index (χ0) is 10.1. The maximum atomic E-state index is 13.1. The molecule has 0 aliphatic rings. The van der Waals surface area contributed by atoms with Crippen molar-refractivity contribution in [2.45, 2.75) is 17.7 Å². The summed E-state index contributed by atoms with van der Waals surface area (Å²) in [5.41, 5.74) is 0.104. The van der Waals surface area contributed by atoms with Gasteiger partial charge in [0.05, 0.1) is 0 Å². The zero-order valence-electron chi connectivity index (χ0n) is 7.47. The normalized spacial score (nSPS) is 11.8. The lowest BCUT2D eigenvalue weighted by molar-refractivity contribution is 0.0147. The first-order valence-corrected chi connectivity index (χ1v) is 5.57. The minimum Gasteiger partial charge on any atom is -0.202 e. The monoisotopic (exact) mass is 220 g/mol. The average molecular weight is 220 g/mol. The van der Waals surface area contributed by atoms with E-state index in [4.69, 9.17) is 0 Å². The van der Waals surface area contributed by atoms with Gasteiger partial charge in [-0.05, 0) is 23.7 Å². The molecular formula is C9H11F2PS. The molecule has 1 aromatic rings. The van der Waals surface area contributed by atoms with Crippen molar-refractivity contribution in [2.24, 2.45) is 0 Å². The topological polar surface area (TPSA) is 0 Å². The molecule has 13 heavy (non-hydrogen) atoms. The number of alkyl halides is 2.